The Balaban J connectivity index is 2.19. The molecular weight excluding hydrogens is 206 g/mol. The van der Waals surface area contributed by atoms with Crippen LogP contribution in [0.3, 0.4) is 0 Å². The predicted octanol–water partition coefficient (Wildman–Crippen LogP) is 2.58. The molecule has 0 N–H and O–H groups in total. The van der Waals surface area contributed by atoms with Crippen LogP contribution in [0.4, 0.5) is 0 Å². The summed E-state index contributed by atoms with van der Waals surface area (Å²) in [6.45, 7) is 3.98. The van der Waals surface area contributed by atoms with Crippen LogP contribution in [0.25, 0.3) is 0 Å². The number of hydrogen-bond acceptors (Lipinski definition) is 4. The molecule has 0 saturated heterocycles. The highest BCUT2D eigenvalue weighted by Crippen LogP contribution is 2.10. The summed E-state index contributed by atoms with van der Waals surface area (Å²) in [5, 5.41) is 11.6. The van der Waals surface area contributed by atoms with Crippen LogP contribution in [0.15, 0.2) is 5.38 Å². The normalized spacial score (nSPS) is 10.5. The zero-order chi connectivity index (χ0) is 11.1. The number of nitrogens with zero attached hydrogens (tertiary/aromatic N) is 3. The van der Waals surface area contributed by atoms with Gasteiger partial charge in [-0.1, -0.05) is 0 Å². The van der Waals surface area contributed by atoms with Crippen molar-refractivity contribution in [2.75, 3.05) is 13.6 Å². The van der Waals surface area contributed by atoms with Crippen molar-refractivity contribution in [3.63, 3.8) is 0 Å². The lowest BCUT2D eigenvalue weighted by Crippen LogP contribution is -2.19. The third-order valence-corrected chi connectivity index (χ3v) is 3.00. The SMILES string of the molecule is Cc1nc(CN(C)CCCCC#N)cs1. The minimum absolute atomic E-state index is 0.670. The van der Waals surface area contributed by atoms with E-state index < -0.39 is 0 Å². The van der Waals surface area contributed by atoms with Crippen molar-refractivity contribution >= 4 is 11.3 Å². The van der Waals surface area contributed by atoms with E-state index in [1.807, 2.05) is 6.92 Å². The molecule has 0 aliphatic rings. The zero-order valence-corrected chi connectivity index (χ0v) is 10.2. The molecule has 0 fully saturated rings. The Hall–Kier alpha value is -0.920. The van der Waals surface area contributed by atoms with Crippen molar-refractivity contribution in [3.8, 4) is 6.07 Å². The Morgan fingerprint density at radius 3 is 2.93 bits per heavy atom. The largest absolute Gasteiger partial charge is 0.301 e. The molecule has 1 aromatic rings. The number of unbranched alkanes of at least 4 members (excludes halogenated alkanes) is 2. The van der Waals surface area contributed by atoms with Gasteiger partial charge in [-0.15, -0.1) is 11.3 Å². The van der Waals surface area contributed by atoms with Gasteiger partial charge in [-0.2, -0.15) is 5.26 Å². The second-order valence-electron chi connectivity index (χ2n) is 3.71. The second-order valence-corrected chi connectivity index (χ2v) is 4.77. The minimum atomic E-state index is 0.670. The topological polar surface area (TPSA) is 39.9 Å². The smallest absolute Gasteiger partial charge is 0.0897 e. The Labute approximate surface area is 95.4 Å². The van der Waals surface area contributed by atoms with Crippen LogP contribution in [-0.2, 0) is 6.54 Å². The van der Waals surface area contributed by atoms with E-state index >= 15 is 0 Å². The number of nitriles is 1. The Kier molecular flexibility index (Phi) is 5.30. The van der Waals surface area contributed by atoms with Crippen molar-refractivity contribution < 1.29 is 0 Å². The highest BCUT2D eigenvalue weighted by atomic mass is 32.1. The second kappa shape index (κ2) is 6.54. The quantitative estimate of drug-likeness (QED) is 0.696. The van der Waals surface area contributed by atoms with Gasteiger partial charge in [-0.3, -0.25) is 0 Å². The van der Waals surface area contributed by atoms with E-state index in [9.17, 15) is 0 Å². The van der Waals surface area contributed by atoms with Gasteiger partial charge in [-0.25, -0.2) is 4.98 Å². The first-order valence-electron chi connectivity index (χ1n) is 5.19. The summed E-state index contributed by atoms with van der Waals surface area (Å²) in [6.07, 6.45) is 2.76. The van der Waals surface area contributed by atoms with E-state index in [2.05, 4.69) is 28.4 Å². The van der Waals surface area contributed by atoms with E-state index in [0.717, 1.165) is 36.6 Å². The highest BCUT2D eigenvalue weighted by molar-refractivity contribution is 7.09. The maximum absolute atomic E-state index is 8.40. The average Bonchev–Trinajstić information content (AvgIpc) is 2.59. The average molecular weight is 223 g/mol. The monoisotopic (exact) mass is 223 g/mol. The number of thiazole rings is 1. The van der Waals surface area contributed by atoms with Crippen molar-refractivity contribution in [1.29, 1.82) is 5.26 Å². The summed E-state index contributed by atoms with van der Waals surface area (Å²) in [7, 11) is 2.10. The van der Waals surface area contributed by atoms with E-state index in [0.29, 0.717) is 6.42 Å². The van der Waals surface area contributed by atoms with E-state index in [4.69, 9.17) is 5.26 Å². The summed E-state index contributed by atoms with van der Waals surface area (Å²) < 4.78 is 0. The van der Waals surface area contributed by atoms with Gasteiger partial charge in [0.1, 0.15) is 0 Å². The molecule has 0 aromatic carbocycles. The third-order valence-electron chi connectivity index (χ3n) is 2.18. The molecule has 1 heterocycles. The standard InChI is InChI=1S/C11H17N3S/c1-10-13-11(9-15-10)8-14(2)7-5-3-4-6-12/h9H,3-5,7-8H2,1-2H3. The van der Waals surface area contributed by atoms with E-state index in [-0.39, 0.29) is 0 Å². The first kappa shape index (κ1) is 12.2. The highest BCUT2D eigenvalue weighted by Gasteiger charge is 2.02. The van der Waals surface area contributed by atoms with Crippen LogP contribution >= 0.6 is 11.3 Å². The van der Waals surface area contributed by atoms with Crippen LogP contribution in [0.2, 0.25) is 0 Å². The van der Waals surface area contributed by atoms with Crippen molar-refractivity contribution in [1.82, 2.24) is 9.88 Å². The molecule has 15 heavy (non-hydrogen) atoms. The summed E-state index contributed by atoms with van der Waals surface area (Å²) in [5.41, 5.74) is 1.15. The molecule has 0 bridgehead atoms. The Morgan fingerprint density at radius 2 is 2.33 bits per heavy atom. The summed E-state index contributed by atoms with van der Waals surface area (Å²) >= 11 is 1.70. The Bertz CT molecular complexity index is 327. The van der Waals surface area contributed by atoms with Crippen molar-refractivity contribution in [2.24, 2.45) is 0 Å². The molecular formula is C11H17N3S. The first-order chi connectivity index (χ1) is 7.22. The zero-order valence-electron chi connectivity index (χ0n) is 9.36. The van der Waals surface area contributed by atoms with Gasteiger partial charge >= 0.3 is 0 Å². The molecule has 82 valence electrons. The van der Waals surface area contributed by atoms with Gasteiger partial charge in [0.15, 0.2) is 0 Å². The number of aromatic nitrogens is 1. The lowest BCUT2D eigenvalue weighted by molar-refractivity contribution is 0.316. The molecule has 0 spiro atoms. The van der Waals surface area contributed by atoms with Crippen molar-refractivity contribution in [2.45, 2.75) is 32.7 Å². The van der Waals surface area contributed by atoms with Crippen LogP contribution in [0.5, 0.6) is 0 Å². The van der Waals surface area contributed by atoms with Gasteiger partial charge in [0.2, 0.25) is 0 Å². The minimum Gasteiger partial charge on any atom is -0.301 e. The molecule has 1 aromatic heterocycles. The molecule has 0 radical (unpaired) electrons. The summed E-state index contributed by atoms with van der Waals surface area (Å²) in [6, 6.07) is 2.17. The number of aryl methyl sites for hydroxylation is 1. The maximum Gasteiger partial charge on any atom is 0.0897 e. The third kappa shape index (κ3) is 4.91. The number of rotatable bonds is 6. The van der Waals surface area contributed by atoms with Gasteiger partial charge in [0, 0.05) is 18.3 Å². The van der Waals surface area contributed by atoms with Gasteiger partial charge in [0.25, 0.3) is 0 Å². The fraction of sp³-hybridized carbons (Fsp3) is 0.636. The number of hydrogen-bond donors (Lipinski definition) is 0. The molecule has 3 nitrogen and oxygen atoms in total. The van der Waals surface area contributed by atoms with E-state index in [1.54, 1.807) is 11.3 Å². The van der Waals surface area contributed by atoms with Crippen LogP contribution in [0.1, 0.15) is 30.0 Å². The van der Waals surface area contributed by atoms with Crippen LogP contribution in [0, 0.1) is 18.3 Å². The Morgan fingerprint density at radius 1 is 1.53 bits per heavy atom. The van der Waals surface area contributed by atoms with Gasteiger partial charge < -0.3 is 4.90 Å². The summed E-state index contributed by atoms with van der Waals surface area (Å²) in [5.74, 6) is 0. The van der Waals surface area contributed by atoms with E-state index in [1.165, 1.54) is 0 Å². The molecule has 0 aliphatic heterocycles. The predicted molar refractivity (Wildman–Crippen MR) is 62.6 cm³/mol. The van der Waals surface area contributed by atoms with Crippen molar-refractivity contribution in [3.05, 3.63) is 16.1 Å². The molecule has 4 heteroatoms. The van der Waals surface area contributed by atoms with Crippen LogP contribution < -0.4 is 0 Å². The fourth-order valence-corrected chi connectivity index (χ4v) is 2.03. The summed E-state index contributed by atoms with van der Waals surface area (Å²) in [4.78, 5) is 6.68. The molecule has 0 atom stereocenters. The lowest BCUT2D eigenvalue weighted by Gasteiger charge is -2.14. The lowest BCUT2D eigenvalue weighted by atomic mass is 10.2. The van der Waals surface area contributed by atoms with Crippen LogP contribution in [-0.4, -0.2) is 23.5 Å². The van der Waals surface area contributed by atoms with Gasteiger partial charge in [0.05, 0.1) is 16.8 Å². The molecule has 0 aliphatic carbocycles. The molecule has 1 rings (SSSR count). The molecule has 0 amide bonds. The van der Waals surface area contributed by atoms with Gasteiger partial charge in [-0.05, 0) is 33.4 Å². The maximum atomic E-state index is 8.40. The molecule has 0 saturated carbocycles. The first-order valence-corrected chi connectivity index (χ1v) is 6.07. The molecule has 0 unspecified atom stereocenters. The fourth-order valence-electron chi connectivity index (χ4n) is 1.42.